The average Bonchev–Trinajstić information content (AvgIpc) is 3.36. The minimum Gasteiger partial charge on any atom is -0.744 e. The molecule has 8 nitrogen and oxygen atoms in total. The lowest BCUT2D eigenvalue weighted by molar-refractivity contribution is -0.114. The summed E-state index contributed by atoms with van der Waals surface area (Å²) < 4.78 is 36.7. The molecule has 5 rings (SSSR count). The molecule has 34 heavy (non-hydrogen) atoms. The molecule has 2 aromatic heterocycles. The van der Waals surface area contributed by atoms with Gasteiger partial charge in [0.25, 0.3) is 0 Å². The molecule has 0 saturated carbocycles. The van der Waals surface area contributed by atoms with Gasteiger partial charge in [-0.25, -0.2) is 18.4 Å². The number of rotatable bonds is 4. The van der Waals surface area contributed by atoms with Crippen LogP contribution in [-0.4, -0.2) is 28.8 Å². The van der Waals surface area contributed by atoms with Crippen molar-refractivity contribution in [3.63, 3.8) is 0 Å². The summed E-state index contributed by atoms with van der Waals surface area (Å²) in [5.41, 5.74) is 4.23. The fraction of sp³-hybridized carbons (Fsp3) is 0.0870. The van der Waals surface area contributed by atoms with E-state index in [0.29, 0.717) is 20.8 Å². The molecule has 1 amide bonds. The number of amides is 1. The van der Waals surface area contributed by atoms with E-state index in [0.717, 1.165) is 32.0 Å². The van der Waals surface area contributed by atoms with Crippen LogP contribution in [0.2, 0.25) is 0 Å². The zero-order valence-corrected chi connectivity index (χ0v) is 20.9. The van der Waals surface area contributed by atoms with Crippen LogP contribution >= 0.6 is 22.7 Å². The second-order valence-electron chi connectivity index (χ2n) is 7.49. The molecule has 0 bridgehead atoms. The Morgan fingerprint density at radius 2 is 1.53 bits per heavy atom. The van der Waals surface area contributed by atoms with E-state index in [4.69, 9.17) is 4.98 Å². The van der Waals surface area contributed by atoms with Crippen molar-refractivity contribution in [1.82, 2.24) is 16.1 Å². The number of aromatic nitrogens is 2. The van der Waals surface area contributed by atoms with Crippen LogP contribution in [0.4, 0.5) is 5.69 Å². The number of fused-ring (bicyclic) bond motifs is 2. The van der Waals surface area contributed by atoms with E-state index in [-0.39, 0.29) is 17.0 Å². The number of anilines is 1. The molecule has 0 fully saturated rings. The van der Waals surface area contributed by atoms with Gasteiger partial charge in [0.1, 0.15) is 20.1 Å². The molecule has 0 unspecified atom stereocenters. The van der Waals surface area contributed by atoms with E-state index in [1.807, 2.05) is 42.5 Å². The molecule has 3 aromatic carbocycles. The van der Waals surface area contributed by atoms with E-state index >= 15 is 0 Å². The number of aryl methyl sites for hydroxylation is 1. The van der Waals surface area contributed by atoms with E-state index in [9.17, 15) is 17.8 Å². The molecule has 2 heterocycles. The lowest BCUT2D eigenvalue weighted by Crippen LogP contribution is -2.05. The van der Waals surface area contributed by atoms with Crippen LogP contribution in [0, 0.1) is 6.92 Å². The van der Waals surface area contributed by atoms with Crippen molar-refractivity contribution in [2.24, 2.45) is 0 Å². The minimum absolute atomic E-state index is 0. The monoisotopic (exact) mass is 512 g/mol. The van der Waals surface area contributed by atoms with Gasteiger partial charge in [0.05, 0.1) is 25.3 Å². The van der Waals surface area contributed by atoms with Crippen molar-refractivity contribution in [1.29, 1.82) is 0 Å². The van der Waals surface area contributed by atoms with Gasteiger partial charge in [-0.2, -0.15) is 0 Å². The van der Waals surface area contributed by atoms with Gasteiger partial charge in [-0.3, -0.25) is 4.79 Å². The number of hydrogen-bond donors (Lipinski definition) is 2. The first-order chi connectivity index (χ1) is 15.7. The van der Waals surface area contributed by atoms with Crippen LogP contribution in [0.25, 0.3) is 41.6 Å². The number of thiazole rings is 2. The number of nitrogens with one attached hydrogen (secondary N) is 1. The largest absolute Gasteiger partial charge is 0.744 e. The quantitative estimate of drug-likeness (QED) is 0.291. The van der Waals surface area contributed by atoms with Gasteiger partial charge >= 0.3 is 0 Å². The summed E-state index contributed by atoms with van der Waals surface area (Å²) in [6, 6.07) is 16.6. The predicted molar refractivity (Wildman–Crippen MR) is 137 cm³/mol. The van der Waals surface area contributed by atoms with Gasteiger partial charge in [0.15, 0.2) is 0 Å². The maximum Gasteiger partial charge on any atom is 0.221 e. The van der Waals surface area contributed by atoms with Crippen molar-refractivity contribution >= 4 is 64.8 Å². The van der Waals surface area contributed by atoms with Gasteiger partial charge < -0.3 is 16.0 Å². The fourth-order valence-corrected chi connectivity index (χ4v) is 6.87. The Labute approximate surface area is 203 Å². The lowest BCUT2D eigenvalue weighted by Gasteiger charge is -2.10. The Bertz CT molecular complexity index is 1660. The normalized spacial score (nSPS) is 11.5. The third-order valence-electron chi connectivity index (χ3n) is 5.05. The maximum atomic E-state index is 11.8. The number of benzene rings is 3. The molecule has 0 radical (unpaired) electrons. The second-order valence-corrected chi connectivity index (χ2v) is 10.8. The lowest BCUT2D eigenvalue weighted by atomic mass is 10.2. The van der Waals surface area contributed by atoms with Crippen molar-refractivity contribution in [3.05, 3.63) is 60.2 Å². The topological polar surface area (TPSA) is 149 Å². The molecule has 0 spiro atoms. The Balaban J connectivity index is 0.00000274. The molecule has 174 valence electrons. The van der Waals surface area contributed by atoms with Crippen LogP contribution in [0.15, 0.2) is 59.5 Å². The van der Waals surface area contributed by atoms with Gasteiger partial charge in [-0.1, -0.05) is 6.07 Å². The molecule has 5 N–H and O–H groups in total. The fourth-order valence-electron chi connectivity index (χ4n) is 3.58. The summed E-state index contributed by atoms with van der Waals surface area (Å²) >= 11 is 2.72. The standard InChI is InChI=1S/C23H17N3O4S3.H3N/c1-12-3-9-18-20(21(12)33(28,29)30)32-23(26-18)15-6-10-17-19(11-15)31-22(25-17)14-4-7-16(8-5-14)24-13(2)27;/h3-11H,1-2H3,(H,24,27)(H,28,29,30);1H3. The van der Waals surface area contributed by atoms with Gasteiger partial charge in [-0.15, -0.1) is 22.7 Å². The number of carbonyl (C=O) groups is 1. The Kier molecular flexibility index (Phi) is 6.23. The van der Waals surface area contributed by atoms with E-state index in [2.05, 4.69) is 10.3 Å². The molecule has 5 aromatic rings. The smallest absolute Gasteiger partial charge is 0.221 e. The third kappa shape index (κ3) is 4.43. The van der Waals surface area contributed by atoms with Crippen LogP contribution in [0.3, 0.4) is 0 Å². The van der Waals surface area contributed by atoms with Gasteiger partial charge in [0.2, 0.25) is 5.91 Å². The van der Waals surface area contributed by atoms with E-state index in [1.165, 1.54) is 29.6 Å². The van der Waals surface area contributed by atoms with Crippen LogP contribution in [0.5, 0.6) is 0 Å². The van der Waals surface area contributed by atoms with E-state index in [1.54, 1.807) is 19.1 Å². The first kappa shape index (κ1) is 23.9. The summed E-state index contributed by atoms with van der Waals surface area (Å²) in [6.45, 7) is 3.07. The summed E-state index contributed by atoms with van der Waals surface area (Å²) in [6.07, 6.45) is 0. The predicted octanol–water partition coefficient (Wildman–Crippen LogP) is 5.79. The Hall–Kier alpha value is -3.22. The second kappa shape index (κ2) is 8.85. The average molecular weight is 513 g/mol. The molecule has 0 aliphatic heterocycles. The Morgan fingerprint density at radius 3 is 2.21 bits per heavy atom. The van der Waals surface area contributed by atoms with Crippen LogP contribution in [0.1, 0.15) is 12.5 Å². The van der Waals surface area contributed by atoms with Crippen molar-refractivity contribution in [2.75, 3.05) is 5.32 Å². The summed E-state index contributed by atoms with van der Waals surface area (Å²) in [4.78, 5) is 20.3. The molecule has 0 aliphatic rings. The SMILES string of the molecule is CC(=O)Nc1ccc(-c2nc3ccc(-c4nc5ccc(C)c(S(=O)(=O)[O-])c5s4)cc3s2)cc1.[NH4+]. The highest BCUT2D eigenvalue weighted by Crippen LogP contribution is 2.38. The van der Waals surface area contributed by atoms with E-state index < -0.39 is 10.1 Å². The third-order valence-corrected chi connectivity index (χ3v) is 8.41. The van der Waals surface area contributed by atoms with Gasteiger partial charge in [-0.05, 0) is 61.0 Å². The van der Waals surface area contributed by atoms with Crippen molar-refractivity contribution in [3.8, 4) is 21.1 Å². The molecule has 0 aliphatic carbocycles. The summed E-state index contributed by atoms with van der Waals surface area (Å²) in [5.74, 6) is -0.125. The first-order valence-corrected chi connectivity index (χ1v) is 12.9. The summed E-state index contributed by atoms with van der Waals surface area (Å²) in [7, 11) is -4.61. The minimum atomic E-state index is -4.61. The molecule has 11 heteroatoms. The summed E-state index contributed by atoms with van der Waals surface area (Å²) in [5, 5.41) is 4.22. The number of nitrogens with zero attached hydrogens (tertiary/aromatic N) is 2. The molecular weight excluding hydrogens is 492 g/mol. The highest BCUT2D eigenvalue weighted by molar-refractivity contribution is 7.86. The zero-order valence-electron chi connectivity index (χ0n) is 18.4. The Morgan fingerprint density at radius 1 is 0.912 bits per heavy atom. The molecule has 0 atom stereocenters. The van der Waals surface area contributed by atoms with Crippen LogP contribution < -0.4 is 11.5 Å². The van der Waals surface area contributed by atoms with Crippen LogP contribution in [-0.2, 0) is 14.9 Å². The first-order valence-electron chi connectivity index (χ1n) is 9.84. The number of quaternary nitrogens is 1. The number of hydrogen-bond acceptors (Lipinski definition) is 8. The molecule has 0 saturated heterocycles. The van der Waals surface area contributed by atoms with Crippen molar-refractivity contribution in [2.45, 2.75) is 18.7 Å². The van der Waals surface area contributed by atoms with Crippen molar-refractivity contribution < 1.29 is 17.8 Å². The highest BCUT2D eigenvalue weighted by atomic mass is 32.2. The number of carbonyl (C=O) groups excluding carboxylic acids is 1. The highest BCUT2D eigenvalue weighted by Gasteiger charge is 2.17. The maximum absolute atomic E-state index is 11.8. The molecular formula is C23H20N4O4S3. The zero-order chi connectivity index (χ0) is 23.3. The van der Waals surface area contributed by atoms with Gasteiger partial charge in [0, 0.05) is 23.7 Å².